The van der Waals surface area contributed by atoms with Crippen LogP contribution in [0.1, 0.15) is 22.2 Å². The normalized spacial score (nSPS) is 15.1. The Morgan fingerprint density at radius 1 is 0.900 bits per heavy atom. The number of aliphatic hydroxyl groups is 1. The van der Waals surface area contributed by atoms with E-state index in [0.717, 1.165) is 0 Å². The van der Waals surface area contributed by atoms with E-state index in [1.54, 1.807) is 54.6 Å². The topological polar surface area (TPSA) is 89.2 Å². The first-order chi connectivity index (χ1) is 19.4. The number of para-hydroxylation sites is 2. The Kier molecular flexibility index (Phi) is 6.28. The molecule has 1 atom stereocenters. The van der Waals surface area contributed by atoms with Crippen molar-refractivity contribution < 1.29 is 33.0 Å². The first-order valence-corrected chi connectivity index (χ1v) is 12.4. The first-order valence-electron chi connectivity index (χ1n) is 12.4. The standard InChI is InChI=1S/C32H22FNO6/c1-38-25-15-6-9-20-17-26(40-31(20)25)29(35)27-28(34(32(37)30(27)36)22-11-7-10-21(33)18-22)19-8-5-14-24(16-19)39-23-12-3-2-4-13-23/h2-18,28,36H,1H3. The molecule has 2 heterocycles. The number of fused-ring (bicyclic) bond motifs is 1. The highest BCUT2D eigenvalue weighted by Crippen LogP contribution is 2.43. The summed E-state index contributed by atoms with van der Waals surface area (Å²) in [4.78, 5) is 28.6. The molecule has 1 amide bonds. The highest BCUT2D eigenvalue weighted by molar-refractivity contribution is 6.20. The molecule has 198 valence electrons. The minimum absolute atomic E-state index is 0.0865. The highest BCUT2D eigenvalue weighted by atomic mass is 19.1. The molecule has 8 heteroatoms. The van der Waals surface area contributed by atoms with E-state index in [9.17, 15) is 19.1 Å². The Morgan fingerprint density at radius 3 is 2.42 bits per heavy atom. The zero-order chi connectivity index (χ0) is 27.8. The quantitative estimate of drug-likeness (QED) is 0.223. The zero-order valence-corrected chi connectivity index (χ0v) is 21.2. The molecule has 0 aliphatic carbocycles. The number of methoxy groups -OCH3 is 1. The van der Waals surface area contributed by atoms with Gasteiger partial charge in [-0.05, 0) is 60.2 Å². The van der Waals surface area contributed by atoms with Crippen molar-refractivity contribution in [1.82, 2.24) is 0 Å². The van der Waals surface area contributed by atoms with Crippen LogP contribution < -0.4 is 14.4 Å². The molecule has 4 aromatic carbocycles. The van der Waals surface area contributed by atoms with E-state index in [4.69, 9.17) is 13.9 Å². The van der Waals surface area contributed by atoms with Gasteiger partial charge in [0.2, 0.25) is 5.78 Å². The number of rotatable bonds is 7. The van der Waals surface area contributed by atoms with Crippen molar-refractivity contribution in [3.05, 3.63) is 132 Å². The van der Waals surface area contributed by atoms with E-state index in [1.165, 1.54) is 42.3 Å². The summed E-state index contributed by atoms with van der Waals surface area (Å²) in [5.41, 5.74) is 0.788. The van der Waals surface area contributed by atoms with Gasteiger partial charge in [-0.3, -0.25) is 14.5 Å². The molecule has 0 bridgehead atoms. The molecule has 1 aliphatic heterocycles. The molecule has 5 aromatic rings. The summed E-state index contributed by atoms with van der Waals surface area (Å²) in [5, 5.41) is 11.7. The summed E-state index contributed by atoms with van der Waals surface area (Å²) < 4.78 is 31.4. The number of furan rings is 1. The maximum absolute atomic E-state index is 14.3. The molecule has 1 aromatic heterocycles. The van der Waals surface area contributed by atoms with Crippen molar-refractivity contribution in [2.75, 3.05) is 12.0 Å². The lowest BCUT2D eigenvalue weighted by Crippen LogP contribution is -2.31. The molecule has 6 rings (SSSR count). The lowest BCUT2D eigenvalue weighted by Gasteiger charge is -2.27. The Balaban J connectivity index is 1.48. The fraction of sp³-hybridized carbons (Fsp3) is 0.0625. The summed E-state index contributed by atoms with van der Waals surface area (Å²) in [6.45, 7) is 0. The minimum Gasteiger partial charge on any atom is -0.503 e. The summed E-state index contributed by atoms with van der Waals surface area (Å²) in [6, 6.07) is 27.0. The monoisotopic (exact) mass is 535 g/mol. The number of Topliss-reactive ketones (excluding diaryl/α,β-unsaturated/α-hetero) is 1. The van der Waals surface area contributed by atoms with Crippen LogP contribution >= 0.6 is 0 Å². The van der Waals surface area contributed by atoms with Gasteiger partial charge in [0.25, 0.3) is 5.91 Å². The fourth-order valence-electron chi connectivity index (χ4n) is 4.86. The third-order valence-electron chi connectivity index (χ3n) is 6.64. The van der Waals surface area contributed by atoms with E-state index in [-0.39, 0.29) is 17.0 Å². The van der Waals surface area contributed by atoms with Gasteiger partial charge in [0, 0.05) is 11.1 Å². The molecule has 1 unspecified atom stereocenters. The van der Waals surface area contributed by atoms with Gasteiger partial charge in [-0.1, -0.05) is 48.5 Å². The van der Waals surface area contributed by atoms with E-state index < -0.39 is 29.3 Å². The second-order valence-electron chi connectivity index (χ2n) is 9.13. The number of ether oxygens (including phenoxy) is 2. The number of anilines is 1. The second kappa shape index (κ2) is 10.1. The van der Waals surface area contributed by atoms with Crippen LogP contribution in [0.15, 0.2) is 119 Å². The van der Waals surface area contributed by atoms with Crippen LogP contribution in [-0.2, 0) is 4.79 Å². The smallest absolute Gasteiger partial charge is 0.294 e. The Hall–Kier alpha value is -5.37. The lowest BCUT2D eigenvalue weighted by atomic mass is 9.94. The molecule has 40 heavy (non-hydrogen) atoms. The number of hydrogen-bond acceptors (Lipinski definition) is 6. The maximum atomic E-state index is 14.3. The number of aliphatic hydroxyl groups excluding tert-OH is 1. The highest BCUT2D eigenvalue weighted by Gasteiger charge is 2.45. The number of carbonyl (C=O) groups excluding carboxylic acids is 2. The van der Waals surface area contributed by atoms with Crippen LogP contribution in [0.5, 0.6) is 17.2 Å². The number of hydrogen-bond donors (Lipinski definition) is 1. The van der Waals surface area contributed by atoms with Crippen molar-refractivity contribution in [2.24, 2.45) is 0 Å². The number of amides is 1. The number of ketones is 1. The molecule has 0 fully saturated rings. The maximum Gasteiger partial charge on any atom is 0.294 e. The number of nitrogens with zero attached hydrogens (tertiary/aromatic N) is 1. The number of halogens is 1. The third-order valence-corrected chi connectivity index (χ3v) is 6.64. The SMILES string of the molecule is COc1cccc2cc(C(=O)C3=C(O)C(=O)N(c4cccc(F)c4)C3c3cccc(Oc4ccccc4)c3)oc12. The molecule has 1 aliphatic rings. The first kappa shape index (κ1) is 24.9. The van der Waals surface area contributed by atoms with Crippen LogP contribution in [0.2, 0.25) is 0 Å². The van der Waals surface area contributed by atoms with Gasteiger partial charge in [0.1, 0.15) is 17.3 Å². The van der Waals surface area contributed by atoms with Crippen LogP contribution in [0.4, 0.5) is 10.1 Å². The largest absolute Gasteiger partial charge is 0.503 e. The van der Waals surface area contributed by atoms with E-state index in [2.05, 4.69) is 0 Å². The fourth-order valence-corrected chi connectivity index (χ4v) is 4.86. The van der Waals surface area contributed by atoms with Gasteiger partial charge in [0.15, 0.2) is 22.9 Å². The Labute approximate surface area is 228 Å². The summed E-state index contributed by atoms with van der Waals surface area (Å²) >= 11 is 0. The molecule has 1 N–H and O–H groups in total. The Bertz CT molecular complexity index is 1790. The van der Waals surface area contributed by atoms with Crippen molar-refractivity contribution >= 4 is 28.3 Å². The molecule has 0 spiro atoms. The second-order valence-corrected chi connectivity index (χ2v) is 9.13. The van der Waals surface area contributed by atoms with Gasteiger partial charge in [-0.15, -0.1) is 0 Å². The molecule has 0 saturated heterocycles. The van der Waals surface area contributed by atoms with Crippen LogP contribution in [0.3, 0.4) is 0 Å². The van der Waals surface area contributed by atoms with Crippen molar-refractivity contribution in [3.8, 4) is 17.2 Å². The van der Waals surface area contributed by atoms with Gasteiger partial charge in [0.05, 0.1) is 18.7 Å². The van der Waals surface area contributed by atoms with E-state index in [0.29, 0.717) is 33.8 Å². The van der Waals surface area contributed by atoms with Crippen molar-refractivity contribution in [2.45, 2.75) is 6.04 Å². The predicted molar refractivity (Wildman–Crippen MR) is 146 cm³/mol. The minimum atomic E-state index is -1.10. The molecule has 7 nitrogen and oxygen atoms in total. The van der Waals surface area contributed by atoms with Gasteiger partial charge < -0.3 is 19.0 Å². The summed E-state index contributed by atoms with van der Waals surface area (Å²) in [6.07, 6.45) is 0. The molecular formula is C32H22FNO6. The molecular weight excluding hydrogens is 513 g/mol. The number of carbonyl (C=O) groups is 2. The van der Waals surface area contributed by atoms with Crippen LogP contribution in [0, 0.1) is 5.82 Å². The number of benzene rings is 4. The zero-order valence-electron chi connectivity index (χ0n) is 21.2. The average Bonchev–Trinajstić information content (AvgIpc) is 3.52. The van der Waals surface area contributed by atoms with Crippen molar-refractivity contribution in [1.29, 1.82) is 0 Å². The van der Waals surface area contributed by atoms with Gasteiger partial charge in [-0.25, -0.2) is 4.39 Å². The van der Waals surface area contributed by atoms with E-state index in [1.807, 2.05) is 18.2 Å². The van der Waals surface area contributed by atoms with Gasteiger partial charge in [-0.2, -0.15) is 0 Å². The summed E-state index contributed by atoms with van der Waals surface area (Å²) in [5.74, 6) is -1.48. The summed E-state index contributed by atoms with van der Waals surface area (Å²) in [7, 11) is 1.49. The van der Waals surface area contributed by atoms with Crippen LogP contribution in [0.25, 0.3) is 11.0 Å². The average molecular weight is 536 g/mol. The van der Waals surface area contributed by atoms with E-state index >= 15 is 0 Å². The molecule has 0 saturated carbocycles. The predicted octanol–water partition coefficient (Wildman–Crippen LogP) is 7.16. The van der Waals surface area contributed by atoms with Gasteiger partial charge >= 0.3 is 0 Å². The molecule has 0 radical (unpaired) electrons. The Morgan fingerprint density at radius 2 is 1.65 bits per heavy atom. The lowest BCUT2D eigenvalue weighted by molar-refractivity contribution is -0.117. The third kappa shape index (κ3) is 4.35. The van der Waals surface area contributed by atoms with Crippen LogP contribution in [-0.4, -0.2) is 23.9 Å². The van der Waals surface area contributed by atoms with Crippen molar-refractivity contribution in [3.63, 3.8) is 0 Å².